The maximum atomic E-state index is 12.9. The van der Waals surface area contributed by atoms with Crippen LogP contribution in [0.15, 0.2) is 54.6 Å². The van der Waals surface area contributed by atoms with Crippen molar-refractivity contribution in [3.8, 4) is 5.75 Å². The molecule has 0 aliphatic carbocycles. The molecule has 2 rings (SSSR count). The van der Waals surface area contributed by atoms with Crippen LogP contribution in [0.3, 0.4) is 0 Å². The fraction of sp³-hybridized carbons (Fsp3) is 0.639. The number of rotatable bonds is 22. The van der Waals surface area contributed by atoms with Gasteiger partial charge in [0.25, 0.3) is 0 Å². The third kappa shape index (κ3) is 14.3. The third-order valence-electron chi connectivity index (χ3n) is 7.86. The van der Waals surface area contributed by atoms with Crippen LogP contribution in [0.1, 0.15) is 109 Å². The Bertz CT molecular complexity index is 927. The Morgan fingerprint density at radius 2 is 1.40 bits per heavy atom. The number of benzene rings is 2. The lowest BCUT2D eigenvalue weighted by molar-refractivity contribution is -0.906. The van der Waals surface area contributed by atoms with Crippen LogP contribution in [-0.2, 0) is 22.5 Å². The molecule has 4 nitrogen and oxygen atoms in total. The van der Waals surface area contributed by atoms with Gasteiger partial charge in [-0.2, -0.15) is 0 Å². The van der Waals surface area contributed by atoms with E-state index in [0.717, 1.165) is 36.2 Å². The molecule has 0 radical (unpaired) electrons. The van der Waals surface area contributed by atoms with Gasteiger partial charge in [-0.15, -0.1) is 0 Å². The average Bonchev–Trinajstić information content (AvgIpc) is 2.93. The van der Waals surface area contributed by atoms with E-state index in [1.54, 1.807) is 0 Å². The standard InChI is InChI=1S/C36H58NO3/c1-6-8-9-10-11-12-13-14-15-19-24-34-25-20-21-26-35(34)40-31(3)27-28-39-36(38)33(7-2)30-37(4,5)29-32-22-17-16-18-23-32/h16-18,20-23,25-26,31,33H,6-15,19,24,27-30H2,1-5H3/q+1. The molecule has 0 aromatic heterocycles. The predicted octanol–water partition coefficient (Wildman–Crippen LogP) is 9.15. The number of carbonyl (C=O) groups excluding carboxylic acids is 1. The summed E-state index contributed by atoms with van der Waals surface area (Å²) in [5.41, 5.74) is 2.57. The number of aryl methyl sites for hydroxylation is 1. The molecule has 0 N–H and O–H groups in total. The first-order valence-corrected chi connectivity index (χ1v) is 16.1. The van der Waals surface area contributed by atoms with Crippen LogP contribution in [0.25, 0.3) is 0 Å². The van der Waals surface area contributed by atoms with Crippen molar-refractivity contribution in [2.24, 2.45) is 5.92 Å². The van der Waals surface area contributed by atoms with Crippen LogP contribution in [0.4, 0.5) is 0 Å². The van der Waals surface area contributed by atoms with Crippen LogP contribution in [0, 0.1) is 5.92 Å². The molecular formula is C36H58NO3+. The number of ether oxygens (including phenoxy) is 2. The largest absolute Gasteiger partial charge is 0.490 e. The highest BCUT2D eigenvalue weighted by atomic mass is 16.5. The molecule has 0 spiro atoms. The first kappa shape index (κ1) is 33.9. The average molecular weight is 553 g/mol. The van der Waals surface area contributed by atoms with Crippen LogP contribution < -0.4 is 4.74 Å². The second-order valence-electron chi connectivity index (χ2n) is 12.3. The predicted molar refractivity (Wildman–Crippen MR) is 169 cm³/mol. The van der Waals surface area contributed by atoms with E-state index in [4.69, 9.17) is 9.47 Å². The quantitative estimate of drug-likeness (QED) is 0.0830. The van der Waals surface area contributed by atoms with Gasteiger partial charge in [0.1, 0.15) is 18.2 Å². The minimum absolute atomic E-state index is 0.00737. The Hall–Kier alpha value is -2.33. The molecule has 0 aliphatic heterocycles. The highest BCUT2D eigenvalue weighted by Gasteiger charge is 2.28. The normalized spacial score (nSPS) is 13.1. The summed E-state index contributed by atoms with van der Waals surface area (Å²) in [7, 11) is 4.37. The summed E-state index contributed by atoms with van der Waals surface area (Å²) in [4.78, 5) is 12.9. The lowest BCUT2D eigenvalue weighted by Crippen LogP contribution is -2.44. The maximum absolute atomic E-state index is 12.9. The van der Waals surface area contributed by atoms with Crippen molar-refractivity contribution in [3.05, 3.63) is 65.7 Å². The second-order valence-corrected chi connectivity index (χ2v) is 12.3. The summed E-state index contributed by atoms with van der Waals surface area (Å²) in [6.07, 6.45) is 16.0. The number of hydrogen-bond donors (Lipinski definition) is 0. The molecule has 2 aromatic carbocycles. The zero-order chi connectivity index (χ0) is 29.1. The fourth-order valence-electron chi connectivity index (χ4n) is 5.46. The second kappa shape index (κ2) is 19.7. The molecule has 2 atom stereocenters. The van der Waals surface area contributed by atoms with Crippen molar-refractivity contribution in [2.75, 3.05) is 27.2 Å². The van der Waals surface area contributed by atoms with E-state index in [1.165, 1.54) is 75.3 Å². The van der Waals surface area contributed by atoms with E-state index < -0.39 is 0 Å². The van der Waals surface area contributed by atoms with Crippen molar-refractivity contribution in [1.29, 1.82) is 0 Å². The highest BCUT2D eigenvalue weighted by molar-refractivity contribution is 5.72. The third-order valence-corrected chi connectivity index (χ3v) is 7.86. The van der Waals surface area contributed by atoms with Crippen molar-refractivity contribution in [3.63, 3.8) is 0 Å². The first-order valence-electron chi connectivity index (χ1n) is 16.1. The van der Waals surface area contributed by atoms with Gasteiger partial charge < -0.3 is 14.0 Å². The van der Waals surface area contributed by atoms with Crippen LogP contribution >= 0.6 is 0 Å². The number of carbonyl (C=O) groups is 1. The van der Waals surface area contributed by atoms with Crippen LogP contribution in [0.2, 0.25) is 0 Å². The van der Waals surface area contributed by atoms with Gasteiger partial charge in [0.2, 0.25) is 0 Å². The molecule has 224 valence electrons. The molecule has 0 amide bonds. The first-order chi connectivity index (χ1) is 19.3. The molecule has 0 heterocycles. The lowest BCUT2D eigenvalue weighted by Gasteiger charge is -2.32. The number of nitrogens with zero attached hydrogens (tertiary/aromatic N) is 1. The number of quaternary nitrogens is 1. The molecular weight excluding hydrogens is 494 g/mol. The van der Waals surface area contributed by atoms with Crippen LogP contribution in [0.5, 0.6) is 5.75 Å². The summed E-state index contributed by atoms with van der Waals surface area (Å²) < 4.78 is 12.8. The highest BCUT2D eigenvalue weighted by Crippen LogP contribution is 2.23. The van der Waals surface area contributed by atoms with Gasteiger partial charge in [0, 0.05) is 12.0 Å². The molecule has 0 bridgehead atoms. The minimum atomic E-state index is -0.100. The van der Waals surface area contributed by atoms with E-state index in [-0.39, 0.29) is 18.0 Å². The molecule has 40 heavy (non-hydrogen) atoms. The lowest BCUT2D eigenvalue weighted by atomic mass is 10.0. The van der Waals surface area contributed by atoms with Crippen molar-refractivity contribution in [1.82, 2.24) is 0 Å². The monoisotopic (exact) mass is 552 g/mol. The van der Waals surface area contributed by atoms with E-state index in [1.807, 2.05) is 12.1 Å². The molecule has 2 aromatic rings. The van der Waals surface area contributed by atoms with E-state index in [0.29, 0.717) is 13.0 Å². The summed E-state index contributed by atoms with van der Waals surface area (Å²) in [6.45, 7) is 8.48. The summed E-state index contributed by atoms with van der Waals surface area (Å²) in [5, 5.41) is 0. The van der Waals surface area contributed by atoms with E-state index >= 15 is 0 Å². The number of esters is 1. The zero-order valence-corrected chi connectivity index (χ0v) is 26.3. The van der Waals surface area contributed by atoms with Gasteiger partial charge in [-0.05, 0) is 37.8 Å². The Labute approximate surface area is 246 Å². The Balaban J connectivity index is 1.68. The Morgan fingerprint density at radius 3 is 2.05 bits per heavy atom. The fourth-order valence-corrected chi connectivity index (χ4v) is 5.46. The van der Waals surface area contributed by atoms with E-state index in [9.17, 15) is 4.79 Å². The van der Waals surface area contributed by atoms with Crippen LogP contribution in [-0.4, -0.2) is 43.8 Å². The smallest absolute Gasteiger partial charge is 0.314 e. The van der Waals surface area contributed by atoms with Gasteiger partial charge in [-0.25, -0.2) is 0 Å². The summed E-state index contributed by atoms with van der Waals surface area (Å²) >= 11 is 0. The number of unbranched alkanes of at least 4 members (excludes halogenated alkanes) is 9. The molecule has 0 fully saturated rings. The maximum Gasteiger partial charge on any atom is 0.314 e. The van der Waals surface area contributed by atoms with Gasteiger partial charge in [-0.1, -0.05) is 120 Å². The molecule has 4 heteroatoms. The SMILES string of the molecule is CCCCCCCCCCCCc1ccccc1OC(C)CCOC(=O)C(CC)C[N+](C)(C)Cc1ccccc1. The molecule has 2 unspecified atom stereocenters. The van der Waals surface area contributed by atoms with Crippen molar-refractivity contribution >= 4 is 5.97 Å². The summed E-state index contributed by atoms with van der Waals surface area (Å²) in [5.74, 6) is 0.788. The number of para-hydroxylation sites is 1. The number of hydrogen-bond acceptors (Lipinski definition) is 3. The van der Waals surface area contributed by atoms with Gasteiger partial charge in [-0.3, -0.25) is 4.79 Å². The summed E-state index contributed by atoms with van der Waals surface area (Å²) in [6, 6.07) is 18.9. The van der Waals surface area contributed by atoms with E-state index in [2.05, 4.69) is 77.3 Å². The molecule has 0 aliphatic rings. The Kier molecular flexibility index (Phi) is 16.7. The minimum Gasteiger partial charge on any atom is -0.490 e. The van der Waals surface area contributed by atoms with Crippen molar-refractivity contribution in [2.45, 2.75) is 117 Å². The van der Waals surface area contributed by atoms with Gasteiger partial charge in [0.15, 0.2) is 0 Å². The van der Waals surface area contributed by atoms with Gasteiger partial charge in [0.05, 0.1) is 33.4 Å². The topological polar surface area (TPSA) is 35.5 Å². The molecule has 0 saturated heterocycles. The zero-order valence-electron chi connectivity index (χ0n) is 26.3. The molecule has 0 saturated carbocycles. The van der Waals surface area contributed by atoms with Gasteiger partial charge >= 0.3 is 5.97 Å². The van der Waals surface area contributed by atoms with Crippen molar-refractivity contribution < 1.29 is 18.8 Å². The Morgan fingerprint density at radius 1 is 0.800 bits per heavy atom.